The first-order valence-electron chi connectivity index (χ1n) is 5.96. The zero-order valence-electron chi connectivity index (χ0n) is 10.2. The largest absolute Gasteiger partial charge is 0.481 e. The fraction of sp³-hybridized carbons (Fsp3) is 0.462. The Balaban J connectivity index is 2.06. The third kappa shape index (κ3) is 2.86. The average molecular weight is 252 g/mol. The van der Waals surface area contributed by atoms with Crippen LogP contribution in [0.3, 0.4) is 0 Å². The Kier molecular flexibility index (Phi) is 3.63. The molecule has 1 aliphatic rings. The highest BCUT2D eigenvalue weighted by Crippen LogP contribution is 2.22. The lowest BCUT2D eigenvalue weighted by Crippen LogP contribution is -2.68. The number of rotatable bonds is 5. The number of hydrogen-bond acceptors (Lipinski definition) is 3. The second kappa shape index (κ2) is 5.04. The number of carbonyl (C=O) groups is 1. The predicted molar refractivity (Wildman–Crippen MR) is 65.8 cm³/mol. The van der Waals surface area contributed by atoms with E-state index in [4.69, 9.17) is 5.11 Å². The molecule has 1 aromatic carbocycles. The van der Waals surface area contributed by atoms with Crippen molar-refractivity contribution in [3.8, 4) is 0 Å². The summed E-state index contributed by atoms with van der Waals surface area (Å²) in [6, 6.07) is 6.28. The van der Waals surface area contributed by atoms with Gasteiger partial charge in [0.15, 0.2) is 0 Å². The van der Waals surface area contributed by atoms with Crippen molar-refractivity contribution >= 4 is 5.97 Å². The van der Waals surface area contributed by atoms with Gasteiger partial charge in [0.2, 0.25) is 0 Å². The van der Waals surface area contributed by atoms with E-state index in [2.05, 4.69) is 10.6 Å². The summed E-state index contributed by atoms with van der Waals surface area (Å²) in [5.74, 6) is -1.10. The van der Waals surface area contributed by atoms with Crippen molar-refractivity contribution in [2.24, 2.45) is 0 Å². The summed E-state index contributed by atoms with van der Waals surface area (Å²) in [5, 5.41) is 15.3. The Labute approximate surface area is 105 Å². The molecule has 1 heterocycles. The molecule has 5 heteroatoms. The van der Waals surface area contributed by atoms with E-state index in [1.54, 1.807) is 6.07 Å². The Bertz CT molecular complexity index is 446. The topological polar surface area (TPSA) is 61.4 Å². The molecule has 98 valence electrons. The van der Waals surface area contributed by atoms with Crippen molar-refractivity contribution in [3.05, 3.63) is 35.6 Å². The predicted octanol–water partition coefficient (Wildman–Crippen LogP) is 1.29. The molecule has 0 radical (unpaired) electrons. The lowest BCUT2D eigenvalue weighted by molar-refractivity contribution is -0.139. The third-order valence-corrected chi connectivity index (χ3v) is 3.29. The lowest BCUT2D eigenvalue weighted by Gasteiger charge is -2.44. The van der Waals surface area contributed by atoms with Gasteiger partial charge in [0.1, 0.15) is 5.82 Å². The number of benzene rings is 1. The van der Waals surface area contributed by atoms with Gasteiger partial charge in [-0.15, -0.1) is 0 Å². The van der Waals surface area contributed by atoms with Crippen molar-refractivity contribution in [2.45, 2.75) is 24.9 Å². The van der Waals surface area contributed by atoms with Gasteiger partial charge in [0.05, 0.1) is 12.0 Å². The molecule has 1 fully saturated rings. The van der Waals surface area contributed by atoms with Crippen LogP contribution in [0.25, 0.3) is 0 Å². The van der Waals surface area contributed by atoms with Crippen molar-refractivity contribution in [2.75, 3.05) is 13.1 Å². The van der Waals surface area contributed by atoms with Crippen LogP contribution in [0.2, 0.25) is 0 Å². The van der Waals surface area contributed by atoms with Crippen LogP contribution >= 0.6 is 0 Å². The molecule has 18 heavy (non-hydrogen) atoms. The molecule has 1 aliphatic heterocycles. The van der Waals surface area contributed by atoms with Crippen LogP contribution in [0.4, 0.5) is 4.39 Å². The fourth-order valence-electron chi connectivity index (χ4n) is 2.31. The van der Waals surface area contributed by atoms with E-state index < -0.39 is 11.5 Å². The van der Waals surface area contributed by atoms with Crippen LogP contribution in [0.15, 0.2) is 24.3 Å². The van der Waals surface area contributed by atoms with E-state index in [1.807, 2.05) is 13.0 Å². The number of carboxylic acids is 1. The van der Waals surface area contributed by atoms with Gasteiger partial charge in [-0.2, -0.15) is 0 Å². The quantitative estimate of drug-likeness (QED) is 0.739. The first-order valence-corrected chi connectivity index (χ1v) is 5.96. The molecule has 0 unspecified atom stereocenters. The van der Waals surface area contributed by atoms with Gasteiger partial charge < -0.3 is 15.7 Å². The van der Waals surface area contributed by atoms with E-state index >= 15 is 0 Å². The van der Waals surface area contributed by atoms with Gasteiger partial charge in [0, 0.05) is 19.1 Å². The number of hydrogen-bond donors (Lipinski definition) is 3. The van der Waals surface area contributed by atoms with E-state index in [0.717, 1.165) is 5.56 Å². The zero-order valence-corrected chi connectivity index (χ0v) is 10.2. The highest BCUT2D eigenvalue weighted by atomic mass is 19.1. The van der Waals surface area contributed by atoms with Gasteiger partial charge in [-0.1, -0.05) is 12.1 Å². The lowest BCUT2D eigenvalue weighted by atomic mass is 9.87. The molecule has 0 aromatic heterocycles. The summed E-state index contributed by atoms with van der Waals surface area (Å²) >= 11 is 0. The molecular formula is C13H17FN2O2. The van der Waals surface area contributed by atoms with Crippen molar-refractivity contribution in [1.29, 1.82) is 0 Å². The molecule has 0 amide bonds. The maximum absolute atomic E-state index is 13.1. The molecule has 1 atom stereocenters. The molecular weight excluding hydrogens is 235 g/mol. The minimum atomic E-state index is -0.824. The third-order valence-electron chi connectivity index (χ3n) is 3.29. The van der Waals surface area contributed by atoms with Crippen molar-refractivity contribution in [3.63, 3.8) is 0 Å². The maximum Gasteiger partial charge on any atom is 0.305 e. The van der Waals surface area contributed by atoms with E-state index in [-0.39, 0.29) is 18.3 Å². The molecule has 3 N–H and O–H groups in total. The van der Waals surface area contributed by atoms with Crippen LogP contribution in [-0.4, -0.2) is 29.7 Å². The number of nitrogens with one attached hydrogen (secondary N) is 2. The van der Waals surface area contributed by atoms with Crippen LogP contribution < -0.4 is 10.6 Å². The number of carboxylic acid groups (broad SMARTS) is 1. The minimum Gasteiger partial charge on any atom is -0.481 e. The second-order valence-electron chi connectivity index (χ2n) is 4.88. The smallest absolute Gasteiger partial charge is 0.305 e. The number of aliphatic carboxylic acids is 1. The first-order chi connectivity index (χ1) is 8.51. The van der Waals surface area contributed by atoms with Gasteiger partial charge >= 0.3 is 5.97 Å². The van der Waals surface area contributed by atoms with Crippen LogP contribution in [-0.2, 0) is 4.79 Å². The summed E-state index contributed by atoms with van der Waals surface area (Å²) in [7, 11) is 0. The second-order valence-corrected chi connectivity index (χ2v) is 4.88. The van der Waals surface area contributed by atoms with Gasteiger partial charge in [0.25, 0.3) is 0 Å². The Hall–Kier alpha value is -1.46. The molecule has 4 nitrogen and oxygen atoms in total. The molecule has 0 aliphatic carbocycles. The molecule has 0 saturated carbocycles. The molecule has 1 aromatic rings. The van der Waals surface area contributed by atoms with Gasteiger partial charge in [-0.25, -0.2) is 4.39 Å². The SMILES string of the molecule is C[C@H](NC1(CC(=O)O)CNC1)c1cccc(F)c1. The normalized spacial score (nSPS) is 19.0. The maximum atomic E-state index is 13.1. The van der Waals surface area contributed by atoms with Gasteiger partial charge in [-0.3, -0.25) is 4.79 Å². The monoisotopic (exact) mass is 252 g/mol. The summed E-state index contributed by atoms with van der Waals surface area (Å²) < 4.78 is 13.1. The summed E-state index contributed by atoms with van der Waals surface area (Å²) in [4.78, 5) is 10.9. The summed E-state index contributed by atoms with van der Waals surface area (Å²) in [6.45, 7) is 3.16. The molecule has 1 saturated heterocycles. The highest BCUT2D eigenvalue weighted by Gasteiger charge is 2.39. The van der Waals surface area contributed by atoms with E-state index in [9.17, 15) is 9.18 Å². The summed E-state index contributed by atoms with van der Waals surface area (Å²) in [6.07, 6.45) is 0.0691. The Morgan fingerprint density at radius 1 is 1.61 bits per heavy atom. The fourth-order valence-corrected chi connectivity index (χ4v) is 2.31. The van der Waals surface area contributed by atoms with E-state index in [1.165, 1.54) is 12.1 Å². The van der Waals surface area contributed by atoms with Crippen molar-refractivity contribution < 1.29 is 14.3 Å². The molecule has 0 spiro atoms. The highest BCUT2D eigenvalue weighted by molar-refractivity contribution is 5.68. The van der Waals surface area contributed by atoms with Gasteiger partial charge in [-0.05, 0) is 24.6 Å². The van der Waals surface area contributed by atoms with Crippen molar-refractivity contribution in [1.82, 2.24) is 10.6 Å². The van der Waals surface area contributed by atoms with Crippen LogP contribution in [0, 0.1) is 5.82 Å². The Morgan fingerprint density at radius 3 is 2.83 bits per heavy atom. The minimum absolute atomic E-state index is 0.0691. The van der Waals surface area contributed by atoms with Crippen LogP contribution in [0.5, 0.6) is 0 Å². The number of halogens is 1. The average Bonchev–Trinajstić information content (AvgIpc) is 2.25. The Morgan fingerprint density at radius 2 is 2.33 bits per heavy atom. The first kappa shape index (κ1) is 13.0. The summed E-state index contributed by atoms with van der Waals surface area (Å²) in [5.41, 5.74) is 0.407. The molecule has 0 bridgehead atoms. The van der Waals surface area contributed by atoms with E-state index in [0.29, 0.717) is 13.1 Å². The zero-order chi connectivity index (χ0) is 13.2. The standard InChI is InChI=1S/C13H17FN2O2/c1-9(10-3-2-4-11(14)5-10)16-13(6-12(17)18)7-15-8-13/h2-5,9,15-16H,6-8H2,1H3,(H,17,18)/t9-/m0/s1. The molecule has 2 rings (SSSR count). The van der Waals surface area contributed by atoms with Crippen LogP contribution in [0.1, 0.15) is 24.9 Å².